The lowest BCUT2D eigenvalue weighted by atomic mass is 9.93. The number of amides is 1. The fourth-order valence-electron chi connectivity index (χ4n) is 2.12. The molecule has 1 aromatic carbocycles. The first-order chi connectivity index (χ1) is 9.19. The average molecular weight is 280 g/mol. The van der Waals surface area contributed by atoms with E-state index >= 15 is 0 Å². The SMILES string of the molecule is CC(C)(C)OC(=O)[C@H](N)[C@@H]1C(=O)Nc2ccc(F)cc21. The monoisotopic (exact) mass is 280 g/mol. The number of nitrogens with two attached hydrogens (primary N) is 1. The van der Waals surface area contributed by atoms with E-state index in [1.807, 2.05) is 0 Å². The van der Waals surface area contributed by atoms with Crippen molar-refractivity contribution in [2.45, 2.75) is 38.3 Å². The maximum absolute atomic E-state index is 13.3. The number of hydrogen-bond donors (Lipinski definition) is 2. The summed E-state index contributed by atoms with van der Waals surface area (Å²) in [5, 5.41) is 2.58. The molecular formula is C14H17FN2O3. The van der Waals surface area contributed by atoms with Crippen molar-refractivity contribution in [3.05, 3.63) is 29.6 Å². The zero-order valence-electron chi connectivity index (χ0n) is 11.6. The molecule has 1 aromatic rings. The van der Waals surface area contributed by atoms with Crippen molar-refractivity contribution >= 4 is 17.6 Å². The number of ether oxygens (including phenoxy) is 1. The Kier molecular flexibility index (Phi) is 3.52. The van der Waals surface area contributed by atoms with E-state index in [4.69, 9.17) is 10.5 Å². The number of benzene rings is 1. The Morgan fingerprint density at radius 2 is 2.10 bits per heavy atom. The molecule has 20 heavy (non-hydrogen) atoms. The summed E-state index contributed by atoms with van der Waals surface area (Å²) in [6.07, 6.45) is 0. The Morgan fingerprint density at radius 3 is 2.70 bits per heavy atom. The summed E-state index contributed by atoms with van der Waals surface area (Å²) in [7, 11) is 0. The van der Waals surface area contributed by atoms with E-state index < -0.39 is 35.3 Å². The Bertz CT molecular complexity index is 566. The van der Waals surface area contributed by atoms with Gasteiger partial charge in [0.2, 0.25) is 5.91 Å². The molecule has 2 rings (SSSR count). The molecule has 0 saturated heterocycles. The third kappa shape index (κ3) is 2.80. The van der Waals surface area contributed by atoms with Gasteiger partial charge in [0.1, 0.15) is 17.5 Å². The maximum Gasteiger partial charge on any atom is 0.324 e. The molecule has 1 aliphatic heterocycles. The van der Waals surface area contributed by atoms with E-state index in [0.29, 0.717) is 11.3 Å². The summed E-state index contributed by atoms with van der Waals surface area (Å²) < 4.78 is 18.5. The lowest BCUT2D eigenvalue weighted by Crippen LogP contribution is -2.43. The largest absolute Gasteiger partial charge is 0.459 e. The van der Waals surface area contributed by atoms with Crippen LogP contribution in [0.2, 0.25) is 0 Å². The van der Waals surface area contributed by atoms with Crippen LogP contribution in [0.5, 0.6) is 0 Å². The lowest BCUT2D eigenvalue weighted by molar-refractivity contribution is -0.157. The molecule has 108 valence electrons. The molecule has 0 bridgehead atoms. The fraction of sp³-hybridized carbons (Fsp3) is 0.429. The minimum Gasteiger partial charge on any atom is -0.459 e. The van der Waals surface area contributed by atoms with Crippen LogP contribution in [0.25, 0.3) is 0 Å². The molecular weight excluding hydrogens is 263 g/mol. The molecule has 5 nitrogen and oxygen atoms in total. The third-order valence-electron chi connectivity index (χ3n) is 2.93. The van der Waals surface area contributed by atoms with Crippen LogP contribution in [-0.4, -0.2) is 23.5 Å². The van der Waals surface area contributed by atoms with Gasteiger partial charge in [-0.15, -0.1) is 0 Å². The van der Waals surface area contributed by atoms with Crippen molar-refractivity contribution in [2.24, 2.45) is 5.73 Å². The Morgan fingerprint density at radius 1 is 1.45 bits per heavy atom. The van der Waals surface area contributed by atoms with Gasteiger partial charge >= 0.3 is 5.97 Å². The zero-order valence-corrected chi connectivity index (χ0v) is 11.6. The fourth-order valence-corrected chi connectivity index (χ4v) is 2.12. The van der Waals surface area contributed by atoms with Gasteiger partial charge in [-0.1, -0.05) is 0 Å². The number of nitrogens with one attached hydrogen (secondary N) is 1. The van der Waals surface area contributed by atoms with Crippen LogP contribution >= 0.6 is 0 Å². The van der Waals surface area contributed by atoms with Gasteiger partial charge in [-0.05, 0) is 44.5 Å². The number of carbonyl (C=O) groups is 2. The van der Waals surface area contributed by atoms with E-state index in [1.54, 1.807) is 20.8 Å². The third-order valence-corrected chi connectivity index (χ3v) is 2.93. The average Bonchev–Trinajstić information content (AvgIpc) is 2.61. The highest BCUT2D eigenvalue weighted by atomic mass is 19.1. The van der Waals surface area contributed by atoms with Gasteiger partial charge in [-0.2, -0.15) is 0 Å². The zero-order chi connectivity index (χ0) is 15.1. The molecule has 1 heterocycles. The molecule has 1 amide bonds. The van der Waals surface area contributed by atoms with Gasteiger partial charge in [-0.3, -0.25) is 9.59 Å². The second-order valence-corrected chi connectivity index (χ2v) is 5.76. The molecule has 3 N–H and O–H groups in total. The van der Waals surface area contributed by atoms with Crippen LogP contribution in [-0.2, 0) is 14.3 Å². The molecule has 0 radical (unpaired) electrons. The minimum absolute atomic E-state index is 0.383. The van der Waals surface area contributed by atoms with Gasteiger partial charge in [0, 0.05) is 5.69 Å². The van der Waals surface area contributed by atoms with Crippen molar-refractivity contribution in [1.29, 1.82) is 0 Å². The van der Waals surface area contributed by atoms with E-state index in [-0.39, 0.29) is 0 Å². The number of halogens is 1. The second-order valence-electron chi connectivity index (χ2n) is 5.76. The summed E-state index contributed by atoms with van der Waals surface area (Å²) >= 11 is 0. The standard InChI is InChI=1S/C14H17FN2O3/c1-14(2,3)20-13(19)11(16)10-8-6-7(15)4-5-9(8)17-12(10)18/h4-6,10-11H,16H2,1-3H3,(H,17,18)/t10-,11-/m1/s1. The summed E-state index contributed by atoms with van der Waals surface area (Å²) in [5.74, 6) is -2.53. The highest BCUT2D eigenvalue weighted by Gasteiger charge is 2.40. The number of esters is 1. The van der Waals surface area contributed by atoms with Crippen molar-refractivity contribution in [2.75, 3.05) is 5.32 Å². The predicted octanol–water partition coefficient (Wildman–Crippen LogP) is 1.53. The normalized spacial score (nSPS) is 19.2. The van der Waals surface area contributed by atoms with Gasteiger partial charge in [0.05, 0.1) is 5.92 Å². The first-order valence-corrected chi connectivity index (χ1v) is 6.28. The number of carbonyl (C=O) groups excluding carboxylic acids is 2. The molecule has 1 aliphatic rings. The van der Waals surface area contributed by atoms with E-state index in [2.05, 4.69) is 5.32 Å². The molecule has 0 saturated carbocycles. The molecule has 6 heteroatoms. The predicted molar refractivity (Wildman–Crippen MR) is 71.6 cm³/mol. The van der Waals surface area contributed by atoms with E-state index in [9.17, 15) is 14.0 Å². The smallest absolute Gasteiger partial charge is 0.324 e. The summed E-state index contributed by atoms with van der Waals surface area (Å²) in [6, 6.07) is 2.73. The van der Waals surface area contributed by atoms with Crippen molar-refractivity contribution in [3.63, 3.8) is 0 Å². The number of anilines is 1. The maximum atomic E-state index is 13.3. The highest BCUT2D eigenvalue weighted by Crippen LogP contribution is 2.35. The number of hydrogen-bond acceptors (Lipinski definition) is 4. The van der Waals surface area contributed by atoms with Crippen LogP contribution in [0.15, 0.2) is 18.2 Å². The molecule has 0 aromatic heterocycles. The van der Waals surface area contributed by atoms with Crippen molar-refractivity contribution < 1.29 is 18.7 Å². The molecule has 0 unspecified atom stereocenters. The Hall–Kier alpha value is -1.95. The first-order valence-electron chi connectivity index (χ1n) is 6.28. The lowest BCUT2D eigenvalue weighted by Gasteiger charge is -2.24. The van der Waals surface area contributed by atoms with Gasteiger partial charge in [-0.25, -0.2) is 4.39 Å². The van der Waals surface area contributed by atoms with Gasteiger partial charge in [0.25, 0.3) is 0 Å². The van der Waals surface area contributed by atoms with Crippen molar-refractivity contribution in [1.82, 2.24) is 0 Å². The van der Waals surface area contributed by atoms with Crippen LogP contribution < -0.4 is 11.1 Å². The Labute approximate surface area is 116 Å². The topological polar surface area (TPSA) is 81.4 Å². The summed E-state index contributed by atoms with van der Waals surface area (Å²) in [6.45, 7) is 5.12. The van der Waals surface area contributed by atoms with Crippen LogP contribution in [0, 0.1) is 5.82 Å². The van der Waals surface area contributed by atoms with Crippen LogP contribution in [0.1, 0.15) is 32.3 Å². The van der Waals surface area contributed by atoms with Crippen LogP contribution in [0.4, 0.5) is 10.1 Å². The number of fused-ring (bicyclic) bond motifs is 1. The van der Waals surface area contributed by atoms with Crippen LogP contribution in [0.3, 0.4) is 0 Å². The second kappa shape index (κ2) is 4.86. The summed E-state index contributed by atoms with van der Waals surface area (Å²) in [4.78, 5) is 23.9. The highest BCUT2D eigenvalue weighted by molar-refractivity contribution is 6.06. The van der Waals surface area contributed by atoms with E-state index in [0.717, 1.165) is 0 Å². The quantitative estimate of drug-likeness (QED) is 0.805. The van der Waals surface area contributed by atoms with Gasteiger partial charge < -0.3 is 15.8 Å². The van der Waals surface area contributed by atoms with Crippen molar-refractivity contribution in [3.8, 4) is 0 Å². The molecule has 0 fully saturated rings. The molecule has 0 aliphatic carbocycles. The van der Waals surface area contributed by atoms with Gasteiger partial charge in [0.15, 0.2) is 0 Å². The summed E-state index contributed by atoms with van der Waals surface area (Å²) in [5.41, 5.74) is 5.98. The number of rotatable bonds is 2. The first kappa shape index (κ1) is 14.5. The Balaban J connectivity index is 2.27. The molecule has 0 spiro atoms. The van der Waals surface area contributed by atoms with E-state index in [1.165, 1.54) is 18.2 Å². The molecule has 2 atom stereocenters. The minimum atomic E-state index is -1.17.